The molecule has 0 unspecified atom stereocenters. The third-order valence-electron chi connectivity index (χ3n) is 5.45. The number of nitrogens with zero attached hydrogens (tertiary/aromatic N) is 2. The van der Waals surface area contributed by atoms with Gasteiger partial charge in [-0.25, -0.2) is 0 Å². The van der Waals surface area contributed by atoms with E-state index in [1.807, 2.05) is 13.1 Å². The molecule has 0 N–H and O–H groups in total. The maximum Gasteiger partial charge on any atom is 0.0485 e. The minimum Gasteiger partial charge on any atom is -0.344 e. The fourth-order valence-corrected chi connectivity index (χ4v) is 3.94. The number of benzene rings is 1. The van der Waals surface area contributed by atoms with E-state index in [0.29, 0.717) is 5.92 Å². The zero-order valence-electron chi connectivity index (χ0n) is 17.4. The summed E-state index contributed by atoms with van der Waals surface area (Å²) < 4.78 is 2.57. The standard InChI is InChI=1S/C25H32N2/c1-6-8-10-22-23-15-18(3)11-14-25(23)27(24(22)9-7-2)17-19(4)21-13-12-20(5)26-16-21/h6,8,11-16,19H,7,9-10,17H2,1-5H3/b8-6-/t19-/m1/s1. The molecule has 1 aromatic carbocycles. The molecule has 0 spiro atoms. The Hall–Kier alpha value is -2.35. The second-order valence-electron chi connectivity index (χ2n) is 7.71. The van der Waals surface area contributed by atoms with Crippen LogP contribution < -0.4 is 0 Å². The molecule has 1 atom stereocenters. The lowest BCUT2D eigenvalue weighted by Crippen LogP contribution is -2.10. The van der Waals surface area contributed by atoms with E-state index in [4.69, 9.17) is 0 Å². The average Bonchev–Trinajstić information content (AvgIpc) is 2.93. The highest BCUT2D eigenvalue weighted by atomic mass is 15.0. The van der Waals surface area contributed by atoms with Crippen LogP contribution in [0.1, 0.15) is 61.2 Å². The van der Waals surface area contributed by atoms with Gasteiger partial charge in [-0.1, -0.05) is 50.1 Å². The van der Waals surface area contributed by atoms with Crippen LogP contribution in [0.3, 0.4) is 0 Å². The Bertz CT molecular complexity index is 929. The van der Waals surface area contributed by atoms with Crippen molar-refractivity contribution in [2.45, 2.75) is 66.3 Å². The lowest BCUT2D eigenvalue weighted by Gasteiger charge is -2.17. The Morgan fingerprint density at radius 3 is 2.63 bits per heavy atom. The van der Waals surface area contributed by atoms with Gasteiger partial charge in [-0.3, -0.25) is 4.98 Å². The van der Waals surface area contributed by atoms with Crippen molar-refractivity contribution in [2.24, 2.45) is 0 Å². The number of hydrogen-bond donors (Lipinski definition) is 0. The molecule has 2 nitrogen and oxygen atoms in total. The summed E-state index contributed by atoms with van der Waals surface area (Å²) in [6.45, 7) is 11.9. The highest BCUT2D eigenvalue weighted by Crippen LogP contribution is 2.31. The first-order chi connectivity index (χ1) is 13.0. The van der Waals surface area contributed by atoms with Crippen LogP contribution in [0.5, 0.6) is 0 Å². The predicted octanol–water partition coefficient (Wildman–Crippen LogP) is 6.53. The maximum atomic E-state index is 4.50. The smallest absolute Gasteiger partial charge is 0.0485 e. The summed E-state index contributed by atoms with van der Waals surface area (Å²) in [7, 11) is 0. The van der Waals surface area contributed by atoms with Gasteiger partial charge in [0.2, 0.25) is 0 Å². The number of aromatic nitrogens is 2. The molecule has 27 heavy (non-hydrogen) atoms. The molecule has 142 valence electrons. The topological polar surface area (TPSA) is 17.8 Å². The van der Waals surface area contributed by atoms with E-state index in [-0.39, 0.29) is 0 Å². The first-order valence-corrected chi connectivity index (χ1v) is 10.2. The van der Waals surface area contributed by atoms with E-state index in [1.165, 1.54) is 39.7 Å². The van der Waals surface area contributed by atoms with Gasteiger partial charge in [-0.05, 0) is 62.9 Å². The van der Waals surface area contributed by atoms with Crippen LogP contribution in [0.15, 0.2) is 48.7 Å². The lowest BCUT2D eigenvalue weighted by atomic mass is 10.0. The molecule has 2 heterocycles. The summed E-state index contributed by atoms with van der Waals surface area (Å²) >= 11 is 0. The fourth-order valence-electron chi connectivity index (χ4n) is 3.94. The van der Waals surface area contributed by atoms with Crippen molar-refractivity contribution in [3.05, 3.63) is 76.8 Å². The van der Waals surface area contributed by atoms with Gasteiger partial charge in [0.15, 0.2) is 0 Å². The zero-order valence-corrected chi connectivity index (χ0v) is 17.4. The van der Waals surface area contributed by atoms with Crippen molar-refractivity contribution in [2.75, 3.05) is 0 Å². The molecule has 0 saturated heterocycles. The van der Waals surface area contributed by atoms with Gasteiger partial charge in [0.1, 0.15) is 0 Å². The third-order valence-corrected chi connectivity index (χ3v) is 5.45. The number of aryl methyl sites for hydroxylation is 2. The summed E-state index contributed by atoms with van der Waals surface area (Å²) in [5.74, 6) is 0.431. The third kappa shape index (κ3) is 4.16. The van der Waals surface area contributed by atoms with Gasteiger partial charge < -0.3 is 4.57 Å². The summed E-state index contributed by atoms with van der Waals surface area (Å²) in [5.41, 5.74) is 8.10. The van der Waals surface area contributed by atoms with Gasteiger partial charge in [0.25, 0.3) is 0 Å². The Kier molecular flexibility index (Phi) is 6.15. The summed E-state index contributed by atoms with van der Waals surface area (Å²) in [5, 5.41) is 1.42. The average molecular weight is 361 g/mol. The monoisotopic (exact) mass is 360 g/mol. The van der Waals surface area contributed by atoms with E-state index < -0.39 is 0 Å². The van der Waals surface area contributed by atoms with Gasteiger partial charge in [0, 0.05) is 41.0 Å². The molecule has 2 aromatic heterocycles. The van der Waals surface area contributed by atoms with Crippen molar-refractivity contribution in [3.63, 3.8) is 0 Å². The number of fused-ring (bicyclic) bond motifs is 1. The number of pyridine rings is 1. The Labute approximate surface area is 163 Å². The van der Waals surface area contributed by atoms with E-state index in [9.17, 15) is 0 Å². The fraction of sp³-hybridized carbons (Fsp3) is 0.400. The summed E-state index contributed by atoms with van der Waals surface area (Å²) in [6, 6.07) is 11.3. The minimum atomic E-state index is 0.431. The maximum absolute atomic E-state index is 4.50. The van der Waals surface area contributed by atoms with Crippen molar-refractivity contribution in [1.82, 2.24) is 9.55 Å². The molecule has 0 bridgehead atoms. The van der Waals surface area contributed by atoms with Crippen LogP contribution in [0.2, 0.25) is 0 Å². The Morgan fingerprint density at radius 1 is 1.15 bits per heavy atom. The summed E-state index contributed by atoms with van der Waals surface area (Å²) in [4.78, 5) is 4.50. The molecular formula is C25H32N2. The van der Waals surface area contributed by atoms with E-state index in [2.05, 4.69) is 79.7 Å². The number of hydrogen-bond acceptors (Lipinski definition) is 1. The summed E-state index contributed by atoms with van der Waals surface area (Å²) in [6.07, 6.45) is 9.79. The van der Waals surface area contributed by atoms with Crippen molar-refractivity contribution < 1.29 is 0 Å². The van der Waals surface area contributed by atoms with Crippen molar-refractivity contribution in [3.8, 4) is 0 Å². The molecule has 0 aliphatic rings. The van der Waals surface area contributed by atoms with E-state index >= 15 is 0 Å². The number of rotatable bonds is 7. The Balaban J connectivity index is 2.09. The molecule has 0 radical (unpaired) electrons. The minimum absolute atomic E-state index is 0.431. The van der Waals surface area contributed by atoms with Crippen molar-refractivity contribution in [1.29, 1.82) is 0 Å². The highest BCUT2D eigenvalue weighted by molar-refractivity contribution is 5.86. The number of allylic oxidation sites excluding steroid dienone is 2. The molecule has 0 amide bonds. The molecular weight excluding hydrogens is 328 g/mol. The molecule has 0 aliphatic carbocycles. The second kappa shape index (κ2) is 8.56. The second-order valence-corrected chi connectivity index (χ2v) is 7.71. The van der Waals surface area contributed by atoms with Crippen LogP contribution in [-0.2, 0) is 19.4 Å². The molecule has 0 fully saturated rings. The van der Waals surface area contributed by atoms with Crippen LogP contribution in [0.4, 0.5) is 0 Å². The molecule has 0 saturated carbocycles. The van der Waals surface area contributed by atoms with Crippen molar-refractivity contribution >= 4 is 10.9 Å². The van der Waals surface area contributed by atoms with Crippen LogP contribution in [0.25, 0.3) is 10.9 Å². The largest absolute Gasteiger partial charge is 0.344 e. The van der Waals surface area contributed by atoms with Crippen LogP contribution in [-0.4, -0.2) is 9.55 Å². The predicted molar refractivity (Wildman–Crippen MR) is 117 cm³/mol. The van der Waals surface area contributed by atoms with Gasteiger partial charge in [-0.15, -0.1) is 0 Å². The Morgan fingerprint density at radius 2 is 1.96 bits per heavy atom. The molecule has 0 aliphatic heterocycles. The molecule has 2 heteroatoms. The van der Waals surface area contributed by atoms with Crippen LogP contribution >= 0.6 is 0 Å². The van der Waals surface area contributed by atoms with Gasteiger partial charge in [-0.2, -0.15) is 0 Å². The van der Waals surface area contributed by atoms with E-state index in [1.54, 1.807) is 0 Å². The molecule has 3 rings (SSSR count). The lowest BCUT2D eigenvalue weighted by molar-refractivity contribution is 0.586. The van der Waals surface area contributed by atoms with Gasteiger partial charge >= 0.3 is 0 Å². The van der Waals surface area contributed by atoms with Gasteiger partial charge in [0.05, 0.1) is 0 Å². The zero-order chi connectivity index (χ0) is 19.4. The highest BCUT2D eigenvalue weighted by Gasteiger charge is 2.18. The quantitative estimate of drug-likeness (QED) is 0.438. The van der Waals surface area contributed by atoms with Crippen LogP contribution in [0, 0.1) is 13.8 Å². The molecule has 3 aromatic rings. The normalized spacial score (nSPS) is 12.9. The first-order valence-electron chi connectivity index (χ1n) is 10.2. The SMILES string of the molecule is C/C=C\Cc1c(CCC)n(C[C@@H](C)c2ccc(C)nc2)c2ccc(C)cc12. The first kappa shape index (κ1) is 19.4. The van der Waals surface area contributed by atoms with E-state index in [0.717, 1.165) is 25.1 Å².